The molecule has 0 spiro atoms. The third-order valence-electron chi connectivity index (χ3n) is 2.72. The van der Waals surface area contributed by atoms with E-state index in [2.05, 4.69) is 6.92 Å². The lowest BCUT2D eigenvalue weighted by molar-refractivity contribution is 0.0611. The molecule has 1 aromatic rings. The van der Waals surface area contributed by atoms with Gasteiger partial charge in [0.2, 0.25) is 0 Å². The molecule has 0 saturated carbocycles. The minimum absolute atomic E-state index is 0.0583. The van der Waals surface area contributed by atoms with Gasteiger partial charge < -0.3 is 9.84 Å². The zero-order valence-electron chi connectivity index (χ0n) is 8.74. The third kappa shape index (κ3) is 2.12. The number of hydrogen-bond donors (Lipinski definition) is 1. The van der Waals surface area contributed by atoms with Crippen LogP contribution in [-0.4, -0.2) is 11.2 Å². The van der Waals surface area contributed by atoms with Gasteiger partial charge in [-0.1, -0.05) is 13.3 Å². The predicted molar refractivity (Wildman–Crippen MR) is 55.3 cm³/mol. The topological polar surface area (TPSA) is 29.5 Å². The Bertz CT molecular complexity index is 351. The summed E-state index contributed by atoms with van der Waals surface area (Å²) < 4.78 is 18.6. The molecule has 0 saturated heterocycles. The van der Waals surface area contributed by atoms with Crippen molar-refractivity contribution in [3.63, 3.8) is 0 Å². The number of aliphatic hydroxyl groups excluding tert-OH is 1. The summed E-state index contributed by atoms with van der Waals surface area (Å²) in [5.41, 5.74) is 0.572. The van der Waals surface area contributed by atoms with E-state index in [4.69, 9.17) is 4.74 Å². The predicted octanol–water partition coefficient (Wildman–Crippen LogP) is 2.81. The van der Waals surface area contributed by atoms with Crippen LogP contribution in [-0.2, 0) is 0 Å². The van der Waals surface area contributed by atoms with E-state index in [0.717, 1.165) is 12.8 Å². The Hall–Kier alpha value is -1.09. The number of halogens is 1. The summed E-state index contributed by atoms with van der Waals surface area (Å²) in [7, 11) is 0. The van der Waals surface area contributed by atoms with E-state index >= 15 is 0 Å². The van der Waals surface area contributed by atoms with Crippen LogP contribution in [0.5, 0.6) is 5.75 Å². The van der Waals surface area contributed by atoms with Gasteiger partial charge in [-0.2, -0.15) is 0 Å². The highest BCUT2D eigenvalue weighted by molar-refractivity contribution is 5.37. The van der Waals surface area contributed by atoms with E-state index in [-0.39, 0.29) is 11.9 Å². The molecule has 82 valence electrons. The highest BCUT2D eigenvalue weighted by atomic mass is 19.1. The van der Waals surface area contributed by atoms with Gasteiger partial charge in [0.25, 0.3) is 0 Å². The van der Waals surface area contributed by atoms with Gasteiger partial charge in [-0.25, -0.2) is 4.39 Å². The Morgan fingerprint density at radius 1 is 1.53 bits per heavy atom. The molecule has 1 N–H and O–H groups in total. The van der Waals surface area contributed by atoms with Crippen LogP contribution >= 0.6 is 0 Å². The van der Waals surface area contributed by atoms with Gasteiger partial charge in [0.15, 0.2) is 0 Å². The first-order valence-electron chi connectivity index (χ1n) is 5.35. The van der Waals surface area contributed by atoms with E-state index < -0.39 is 6.10 Å². The molecular weight excluding hydrogens is 195 g/mol. The zero-order valence-corrected chi connectivity index (χ0v) is 8.74. The fourth-order valence-corrected chi connectivity index (χ4v) is 1.99. The summed E-state index contributed by atoms with van der Waals surface area (Å²) in [5.74, 6) is 0.291. The van der Waals surface area contributed by atoms with Gasteiger partial charge in [0.05, 0.1) is 6.10 Å². The number of rotatable bonds is 2. The standard InChI is InChI=1S/C12H15FO2/c1-2-3-9-7-11(14)10-6-8(13)4-5-12(10)15-9/h4-6,9,11,14H,2-3,7H2,1H3/t9?,11-/m0/s1. The summed E-state index contributed by atoms with van der Waals surface area (Å²) in [5, 5.41) is 9.84. The van der Waals surface area contributed by atoms with Crippen molar-refractivity contribution in [2.24, 2.45) is 0 Å². The molecule has 2 atom stereocenters. The van der Waals surface area contributed by atoms with Crippen LogP contribution in [0.25, 0.3) is 0 Å². The number of ether oxygens (including phenoxy) is 1. The molecule has 0 radical (unpaired) electrons. The molecule has 1 aliphatic rings. The Labute approximate surface area is 88.7 Å². The monoisotopic (exact) mass is 210 g/mol. The van der Waals surface area contributed by atoms with Crippen molar-refractivity contribution < 1.29 is 14.2 Å². The Balaban J connectivity index is 2.24. The van der Waals surface area contributed by atoms with Crippen LogP contribution in [0.3, 0.4) is 0 Å². The first-order valence-corrected chi connectivity index (χ1v) is 5.35. The van der Waals surface area contributed by atoms with Gasteiger partial charge in [-0.3, -0.25) is 0 Å². The van der Waals surface area contributed by atoms with Gasteiger partial charge in [-0.05, 0) is 24.6 Å². The second kappa shape index (κ2) is 4.19. The fourth-order valence-electron chi connectivity index (χ4n) is 1.99. The van der Waals surface area contributed by atoms with Crippen molar-refractivity contribution >= 4 is 0 Å². The van der Waals surface area contributed by atoms with Gasteiger partial charge in [-0.15, -0.1) is 0 Å². The average Bonchev–Trinajstić information content (AvgIpc) is 2.20. The summed E-state index contributed by atoms with van der Waals surface area (Å²) >= 11 is 0. The Kier molecular flexibility index (Phi) is 2.91. The number of fused-ring (bicyclic) bond motifs is 1. The SMILES string of the molecule is CCCC1C[C@H](O)c2cc(F)ccc2O1. The molecule has 3 heteroatoms. The normalized spacial score (nSPS) is 24.5. The van der Waals surface area contributed by atoms with Crippen LogP contribution in [0.4, 0.5) is 4.39 Å². The molecule has 1 unspecified atom stereocenters. The molecule has 1 heterocycles. The van der Waals surface area contributed by atoms with E-state index in [1.807, 2.05) is 0 Å². The Morgan fingerprint density at radius 3 is 3.07 bits per heavy atom. The van der Waals surface area contributed by atoms with Gasteiger partial charge in [0.1, 0.15) is 17.7 Å². The van der Waals surface area contributed by atoms with Crippen LogP contribution < -0.4 is 4.74 Å². The largest absolute Gasteiger partial charge is 0.490 e. The second-order valence-corrected chi connectivity index (χ2v) is 3.96. The summed E-state index contributed by atoms with van der Waals surface area (Å²) in [4.78, 5) is 0. The van der Waals surface area contributed by atoms with E-state index in [9.17, 15) is 9.50 Å². The number of benzene rings is 1. The van der Waals surface area contributed by atoms with Crippen molar-refractivity contribution in [3.8, 4) is 5.75 Å². The number of hydrogen-bond acceptors (Lipinski definition) is 2. The molecule has 0 aromatic heterocycles. The maximum atomic E-state index is 12.9. The van der Waals surface area contributed by atoms with Gasteiger partial charge in [0, 0.05) is 12.0 Å². The molecule has 1 aromatic carbocycles. The first-order chi connectivity index (χ1) is 7.20. The molecular formula is C12H15FO2. The quantitative estimate of drug-likeness (QED) is 0.813. The van der Waals surface area contributed by atoms with Crippen LogP contribution in [0.2, 0.25) is 0 Å². The van der Waals surface area contributed by atoms with Gasteiger partial charge >= 0.3 is 0 Å². The van der Waals surface area contributed by atoms with E-state index in [0.29, 0.717) is 17.7 Å². The van der Waals surface area contributed by atoms with Crippen molar-refractivity contribution in [2.75, 3.05) is 0 Å². The van der Waals surface area contributed by atoms with Crippen LogP contribution in [0, 0.1) is 5.82 Å². The summed E-state index contributed by atoms with van der Waals surface area (Å²) in [6.07, 6.45) is 1.97. The average molecular weight is 210 g/mol. The maximum absolute atomic E-state index is 12.9. The lowest BCUT2D eigenvalue weighted by Crippen LogP contribution is -2.25. The minimum atomic E-state index is -0.596. The summed E-state index contributed by atoms with van der Waals surface area (Å²) in [6.45, 7) is 2.08. The van der Waals surface area contributed by atoms with Crippen molar-refractivity contribution in [2.45, 2.75) is 38.4 Å². The molecule has 15 heavy (non-hydrogen) atoms. The van der Waals surface area contributed by atoms with Crippen LogP contribution in [0.1, 0.15) is 37.9 Å². The molecule has 0 aliphatic carbocycles. The van der Waals surface area contributed by atoms with Crippen molar-refractivity contribution in [3.05, 3.63) is 29.6 Å². The second-order valence-electron chi connectivity index (χ2n) is 3.96. The highest BCUT2D eigenvalue weighted by Crippen LogP contribution is 2.36. The van der Waals surface area contributed by atoms with E-state index in [1.54, 1.807) is 6.07 Å². The smallest absolute Gasteiger partial charge is 0.125 e. The molecule has 1 aliphatic heterocycles. The molecule has 2 nitrogen and oxygen atoms in total. The zero-order chi connectivity index (χ0) is 10.8. The minimum Gasteiger partial charge on any atom is -0.490 e. The molecule has 0 amide bonds. The van der Waals surface area contributed by atoms with E-state index in [1.165, 1.54) is 12.1 Å². The molecule has 0 bridgehead atoms. The fraction of sp³-hybridized carbons (Fsp3) is 0.500. The lowest BCUT2D eigenvalue weighted by atomic mass is 9.97. The molecule has 2 rings (SSSR count). The van der Waals surface area contributed by atoms with Crippen LogP contribution in [0.15, 0.2) is 18.2 Å². The Morgan fingerprint density at radius 2 is 2.33 bits per heavy atom. The van der Waals surface area contributed by atoms with Crippen molar-refractivity contribution in [1.29, 1.82) is 0 Å². The molecule has 0 fully saturated rings. The third-order valence-corrected chi connectivity index (χ3v) is 2.72. The first kappa shape index (κ1) is 10.4. The maximum Gasteiger partial charge on any atom is 0.125 e. The van der Waals surface area contributed by atoms with Crippen molar-refractivity contribution in [1.82, 2.24) is 0 Å². The highest BCUT2D eigenvalue weighted by Gasteiger charge is 2.26. The lowest BCUT2D eigenvalue weighted by Gasteiger charge is -2.29. The number of aliphatic hydroxyl groups is 1. The summed E-state index contributed by atoms with van der Waals surface area (Å²) in [6, 6.07) is 4.30.